The molecule has 1 aromatic carbocycles. The number of allylic oxidation sites excluding steroid dienone is 3. The molecule has 2 aliphatic rings. The Hall–Kier alpha value is -3.60. The van der Waals surface area contributed by atoms with Crippen molar-refractivity contribution in [2.75, 3.05) is 16.0 Å². The number of amides is 1. The van der Waals surface area contributed by atoms with E-state index in [0.717, 1.165) is 0 Å². The molecule has 0 bridgehead atoms. The van der Waals surface area contributed by atoms with E-state index in [-0.39, 0.29) is 46.2 Å². The SMILES string of the molecule is CC1(C)CC(=O)C2=C(C1)N(c1nnc(SCC(=O)Nc3nccs3)s1)C(N)=C(C#N)C2c1ccccc1F. The molecule has 3 N–H and O–H groups in total. The van der Waals surface area contributed by atoms with Crippen molar-refractivity contribution in [2.24, 2.45) is 11.1 Å². The maximum atomic E-state index is 15.0. The number of nitrogens with one attached hydrogen (secondary N) is 1. The van der Waals surface area contributed by atoms with E-state index in [2.05, 4.69) is 26.6 Å². The van der Waals surface area contributed by atoms with Crippen LogP contribution in [0.25, 0.3) is 0 Å². The third kappa shape index (κ3) is 4.94. The van der Waals surface area contributed by atoms with Crippen molar-refractivity contribution >= 4 is 56.4 Å². The van der Waals surface area contributed by atoms with Gasteiger partial charge in [0.25, 0.3) is 0 Å². The van der Waals surface area contributed by atoms with Crippen LogP contribution in [-0.2, 0) is 9.59 Å². The number of carbonyl (C=O) groups is 2. The molecule has 3 heterocycles. The topological polar surface area (TPSA) is 138 Å². The van der Waals surface area contributed by atoms with Gasteiger partial charge in [0.05, 0.1) is 23.3 Å². The van der Waals surface area contributed by atoms with Crippen LogP contribution >= 0.6 is 34.4 Å². The number of aromatic nitrogens is 3. The van der Waals surface area contributed by atoms with Crippen LogP contribution in [0.5, 0.6) is 0 Å². The molecule has 13 heteroatoms. The Labute approximate surface area is 230 Å². The number of hydrogen-bond acceptors (Lipinski definition) is 11. The molecule has 1 aliphatic carbocycles. The fourth-order valence-electron chi connectivity index (χ4n) is 4.67. The number of benzene rings is 1. The van der Waals surface area contributed by atoms with Gasteiger partial charge in [-0.05, 0) is 17.9 Å². The zero-order chi connectivity index (χ0) is 27.0. The number of Topliss-reactive ketones (excluding diaryl/α,β-unsaturated/α-hetero) is 1. The average Bonchev–Trinajstić information content (AvgIpc) is 3.54. The van der Waals surface area contributed by atoms with Gasteiger partial charge in [-0.3, -0.25) is 14.5 Å². The van der Waals surface area contributed by atoms with Gasteiger partial charge in [-0.2, -0.15) is 5.26 Å². The normalized spacial score (nSPS) is 18.8. The molecule has 9 nitrogen and oxygen atoms in total. The lowest BCUT2D eigenvalue weighted by molar-refractivity contribution is -0.118. The molecule has 3 aromatic rings. The van der Waals surface area contributed by atoms with Gasteiger partial charge in [0.15, 0.2) is 15.3 Å². The second-order valence-corrected chi connectivity index (χ2v) is 12.6. The molecule has 194 valence electrons. The third-order valence-corrected chi connectivity index (χ3v) is 8.92. The van der Waals surface area contributed by atoms with Crippen molar-refractivity contribution in [3.8, 4) is 6.07 Å². The van der Waals surface area contributed by atoms with Crippen molar-refractivity contribution in [3.05, 3.63) is 69.9 Å². The van der Waals surface area contributed by atoms with E-state index in [1.807, 2.05) is 13.8 Å². The van der Waals surface area contributed by atoms with Crippen molar-refractivity contribution in [1.29, 1.82) is 5.26 Å². The van der Waals surface area contributed by atoms with Gasteiger partial charge in [0.1, 0.15) is 11.6 Å². The Morgan fingerprint density at radius 3 is 2.84 bits per heavy atom. The van der Waals surface area contributed by atoms with Crippen LogP contribution in [0.2, 0.25) is 0 Å². The summed E-state index contributed by atoms with van der Waals surface area (Å²) in [4.78, 5) is 31.4. The molecule has 0 fully saturated rings. The van der Waals surface area contributed by atoms with Gasteiger partial charge in [-0.25, -0.2) is 9.37 Å². The van der Waals surface area contributed by atoms with Gasteiger partial charge in [0.2, 0.25) is 11.0 Å². The number of thiazole rings is 1. The molecule has 5 rings (SSSR count). The predicted molar refractivity (Wildman–Crippen MR) is 145 cm³/mol. The summed E-state index contributed by atoms with van der Waals surface area (Å²) in [6, 6.07) is 8.25. The lowest BCUT2D eigenvalue weighted by Gasteiger charge is -2.42. The van der Waals surface area contributed by atoms with Gasteiger partial charge < -0.3 is 11.1 Å². The van der Waals surface area contributed by atoms with Crippen LogP contribution < -0.4 is 16.0 Å². The number of nitriles is 1. The van der Waals surface area contributed by atoms with Gasteiger partial charge in [-0.15, -0.1) is 21.5 Å². The number of hydrogen-bond donors (Lipinski definition) is 2. The van der Waals surface area contributed by atoms with Crippen molar-refractivity contribution in [2.45, 2.75) is 36.9 Å². The molecular formula is C25H22FN7O2S3. The van der Waals surface area contributed by atoms with Crippen LogP contribution in [0, 0.1) is 22.6 Å². The highest BCUT2D eigenvalue weighted by Crippen LogP contribution is 2.51. The maximum absolute atomic E-state index is 15.0. The van der Waals surface area contributed by atoms with E-state index in [4.69, 9.17) is 5.73 Å². The molecular weight excluding hydrogens is 546 g/mol. The van der Waals surface area contributed by atoms with Crippen molar-refractivity contribution in [3.63, 3.8) is 0 Å². The molecule has 0 saturated heterocycles. The third-order valence-electron chi connectivity index (χ3n) is 6.19. The highest BCUT2D eigenvalue weighted by atomic mass is 32.2. The highest BCUT2D eigenvalue weighted by molar-refractivity contribution is 8.01. The Bertz CT molecular complexity index is 1520. The quantitative estimate of drug-likeness (QED) is 0.402. The number of rotatable bonds is 6. The minimum Gasteiger partial charge on any atom is -0.384 e. The summed E-state index contributed by atoms with van der Waals surface area (Å²) in [5, 5.41) is 24.0. The number of ketones is 1. The fraction of sp³-hybridized carbons (Fsp3) is 0.280. The fourth-order valence-corrected chi connectivity index (χ4v) is 6.89. The van der Waals surface area contributed by atoms with E-state index in [1.54, 1.807) is 34.7 Å². The minimum atomic E-state index is -0.910. The number of halogens is 1. The minimum absolute atomic E-state index is 0.0779. The summed E-state index contributed by atoms with van der Waals surface area (Å²) in [5.41, 5.74) is 7.44. The first kappa shape index (κ1) is 26.0. The molecule has 1 unspecified atom stereocenters. The Morgan fingerprint density at radius 2 is 2.13 bits per heavy atom. The van der Waals surface area contributed by atoms with E-state index >= 15 is 0 Å². The molecule has 1 aliphatic heterocycles. The summed E-state index contributed by atoms with van der Waals surface area (Å²) < 4.78 is 15.5. The second kappa shape index (κ2) is 10.3. The summed E-state index contributed by atoms with van der Waals surface area (Å²) in [5.74, 6) is -1.64. The largest absolute Gasteiger partial charge is 0.384 e. The number of nitrogens with two attached hydrogens (primary N) is 1. The monoisotopic (exact) mass is 567 g/mol. The smallest absolute Gasteiger partial charge is 0.236 e. The van der Waals surface area contributed by atoms with E-state index < -0.39 is 11.7 Å². The zero-order valence-electron chi connectivity index (χ0n) is 20.4. The van der Waals surface area contributed by atoms with Crippen LogP contribution in [0.3, 0.4) is 0 Å². The lowest BCUT2D eigenvalue weighted by atomic mass is 9.68. The zero-order valence-corrected chi connectivity index (χ0v) is 22.8. The number of carbonyl (C=O) groups excluding carboxylic acids is 2. The Morgan fingerprint density at radius 1 is 1.34 bits per heavy atom. The van der Waals surface area contributed by atoms with E-state index in [9.17, 15) is 19.2 Å². The molecule has 0 saturated carbocycles. The van der Waals surface area contributed by atoms with Gasteiger partial charge >= 0.3 is 0 Å². The van der Waals surface area contributed by atoms with Crippen LogP contribution in [-0.4, -0.2) is 32.6 Å². The van der Waals surface area contributed by atoms with Gasteiger partial charge in [0, 0.05) is 34.8 Å². The van der Waals surface area contributed by atoms with Crippen LogP contribution in [0.15, 0.2) is 62.8 Å². The molecule has 0 spiro atoms. The molecule has 2 aromatic heterocycles. The average molecular weight is 568 g/mol. The van der Waals surface area contributed by atoms with Crippen LogP contribution in [0.1, 0.15) is 38.2 Å². The summed E-state index contributed by atoms with van der Waals surface area (Å²) in [6.07, 6.45) is 2.33. The van der Waals surface area contributed by atoms with Crippen molar-refractivity contribution < 1.29 is 14.0 Å². The summed E-state index contributed by atoms with van der Waals surface area (Å²) in [6.45, 7) is 3.96. The molecule has 0 radical (unpaired) electrons. The summed E-state index contributed by atoms with van der Waals surface area (Å²) >= 11 is 3.72. The van der Waals surface area contributed by atoms with E-state index in [1.165, 1.54) is 40.5 Å². The van der Waals surface area contributed by atoms with Crippen molar-refractivity contribution in [1.82, 2.24) is 15.2 Å². The standard InChI is InChI=1S/C25H22FN7O2S3/c1-25(2)9-16-20(17(34)10-25)19(13-5-3-4-6-15(13)26)14(11-27)21(28)33(16)23-31-32-24(38-23)37-12-18(35)30-22-29-7-8-36-22/h3-8,19H,9-10,12,28H2,1-2H3,(H,29,30,35). The Kier molecular flexibility index (Phi) is 7.04. The lowest BCUT2D eigenvalue weighted by Crippen LogP contribution is -2.42. The number of thioether (sulfide) groups is 1. The number of anilines is 2. The number of nitrogens with zero attached hydrogens (tertiary/aromatic N) is 5. The molecule has 38 heavy (non-hydrogen) atoms. The second-order valence-electron chi connectivity index (χ2n) is 9.53. The first-order valence-corrected chi connectivity index (χ1v) is 14.2. The Balaban J connectivity index is 1.51. The first-order chi connectivity index (χ1) is 18.2. The first-order valence-electron chi connectivity index (χ1n) is 11.5. The summed E-state index contributed by atoms with van der Waals surface area (Å²) in [7, 11) is 0. The van der Waals surface area contributed by atoms with Gasteiger partial charge in [-0.1, -0.05) is 55.1 Å². The molecule has 1 atom stereocenters. The maximum Gasteiger partial charge on any atom is 0.236 e. The predicted octanol–water partition coefficient (Wildman–Crippen LogP) is 4.81. The highest BCUT2D eigenvalue weighted by Gasteiger charge is 2.46. The molecule has 1 amide bonds. The van der Waals surface area contributed by atoms with Crippen LogP contribution in [0.4, 0.5) is 14.7 Å². The van der Waals surface area contributed by atoms with E-state index in [0.29, 0.717) is 32.3 Å².